The zero-order valence-corrected chi connectivity index (χ0v) is 16.5. The summed E-state index contributed by atoms with van der Waals surface area (Å²) in [5.41, 5.74) is 1.20. The van der Waals surface area contributed by atoms with Crippen LogP contribution in [0.25, 0.3) is 11.0 Å². The van der Waals surface area contributed by atoms with Crippen LogP contribution in [-0.4, -0.2) is 104 Å². The molecule has 2 fully saturated rings. The Bertz CT molecular complexity index is 978. The molecule has 0 spiro atoms. The van der Waals surface area contributed by atoms with E-state index in [0.29, 0.717) is 15.3 Å². The van der Waals surface area contributed by atoms with Crippen LogP contribution in [0.1, 0.15) is 6.42 Å². The fraction of sp³-hybridized carbons (Fsp3) is 0.385. The van der Waals surface area contributed by atoms with Gasteiger partial charge in [-0.2, -0.15) is 8.42 Å². The normalized spacial score (nSPS) is 22.0. The first-order valence-corrected chi connectivity index (χ1v) is 8.81. The van der Waals surface area contributed by atoms with Gasteiger partial charge in [-0.1, -0.05) is 17.0 Å². The molecule has 2 aliphatic rings. The zero-order valence-electron chi connectivity index (χ0n) is 13.7. The molecule has 13 heteroatoms. The number of amides is 2. The second-order valence-corrected chi connectivity index (χ2v) is 7.01. The summed E-state index contributed by atoms with van der Waals surface area (Å²) in [5.74, 6) is -1.29. The standard InChI is InChI=1S/C13H13N5O6S.Na/c19-11(7-24-18-9-4-2-1-3-8(9)14-15-18)16-6-5-10-12(16)13(20)17(10)25(21,22)23;/h1-4,10,12H,5-7H2,(H,21,22,23);/t10-,12+;/m1./s1. The molecular formula is C13H13N5NaO6S. The van der Waals surface area contributed by atoms with Crippen molar-refractivity contribution in [2.45, 2.75) is 18.5 Å². The molecule has 2 atom stereocenters. The zero-order chi connectivity index (χ0) is 17.8. The summed E-state index contributed by atoms with van der Waals surface area (Å²) < 4.78 is 31.8. The number of fused-ring (bicyclic) bond motifs is 2. The molecule has 3 heterocycles. The van der Waals surface area contributed by atoms with E-state index < -0.39 is 34.2 Å². The van der Waals surface area contributed by atoms with E-state index in [1.54, 1.807) is 24.3 Å². The van der Waals surface area contributed by atoms with Crippen LogP contribution in [0, 0.1) is 0 Å². The summed E-state index contributed by atoms with van der Waals surface area (Å²) in [6.45, 7) is -0.177. The van der Waals surface area contributed by atoms with Crippen LogP contribution < -0.4 is 4.84 Å². The predicted molar refractivity (Wildman–Crippen MR) is 87.0 cm³/mol. The first-order valence-electron chi connectivity index (χ1n) is 7.42. The molecule has 2 aromatic rings. The monoisotopic (exact) mass is 390 g/mol. The van der Waals surface area contributed by atoms with Gasteiger partial charge in [-0.05, 0) is 23.8 Å². The van der Waals surface area contributed by atoms with Gasteiger partial charge in [0.2, 0.25) is 0 Å². The first-order chi connectivity index (χ1) is 11.9. The van der Waals surface area contributed by atoms with Crippen LogP contribution in [0.15, 0.2) is 24.3 Å². The number of likely N-dealkylation sites (tertiary alicyclic amines) is 1. The van der Waals surface area contributed by atoms with Gasteiger partial charge >= 0.3 is 10.3 Å². The van der Waals surface area contributed by atoms with Gasteiger partial charge in [0.15, 0.2) is 6.61 Å². The van der Waals surface area contributed by atoms with Crippen molar-refractivity contribution in [3.05, 3.63) is 24.3 Å². The molecule has 0 unspecified atom stereocenters. The van der Waals surface area contributed by atoms with Gasteiger partial charge in [0.05, 0.1) is 6.04 Å². The van der Waals surface area contributed by atoms with Crippen LogP contribution in [0.3, 0.4) is 0 Å². The van der Waals surface area contributed by atoms with E-state index in [9.17, 15) is 18.0 Å². The average Bonchev–Trinajstić information content (AvgIpc) is 3.12. The number of hydrogen-bond acceptors (Lipinski definition) is 7. The molecule has 133 valence electrons. The molecule has 11 nitrogen and oxygen atoms in total. The van der Waals surface area contributed by atoms with Gasteiger partial charge in [0, 0.05) is 36.1 Å². The minimum atomic E-state index is -4.60. The van der Waals surface area contributed by atoms with Gasteiger partial charge in [-0.25, -0.2) is 4.31 Å². The summed E-state index contributed by atoms with van der Waals surface area (Å²) in [6, 6.07) is 5.43. The molecule has 0 saturated carbocycles. The third-order valence-electron chi connectivity index (χ3n) is 4.34. The number of carbonyl (C=O) groups is 2. The molecule has 1 N–H and O–H groups in total. The molecule has 0 aliphatic carbocycles. The van der Waals surface area contributed by atoms with E-state index in [4.69, 9.17) is 9.39 Å². The molecule has 26 heavy (non-hydrogen) atoms. The number of para-hydroxylation sites is 1. The fourth-order valence-corrected chi connectivity index (χ4v) is 4.14. The van der Waals surface area contributed by atoms with Gasteiger partial charge in [0.1, 0.15) is 17.1 Å². The van der Waals surface area contributed by atoms with Crippen molar-refractivity contribution < 1.29 is 27.4 Å². The number of aromatic nitrogens is 3. The van der Waals surface area contributed by atoms with Crippen molar-refractivity contribution >= 4 is 62.7 Å². The van der Waals surface area contributed by atoms with Crippen LogP contribution >= 0.6 is 0 Å². The number of benzene rings is 1. The van der Waals surface area contributed by atoms with E-state index in [-0.39, 0.29) is 49.1 Å². The smallest absolute Gasteiger partial charge is 0.362 e. The minimum Gasteiger partial charge on any atom is -0.385 e. The number of β-lactam (4-membered cyclic amide) rings is 1. The van der Waals surface area contributed by atoms with Crippen LogP contribution in [0.2, 0.25) is 0 Å². The largest absolute Gasteiger partial charge is 0.385 e. The van der Waals surface area contributed by atoms with Gasteiger partial charge in [-0.15, -0.1) is 5.10 Å². The molecule has 2 amide bonds. The number of carbonyl (C=O) groups excluding carboxylic acids is 2. The summed E-state index contributed by atoms with van der Waals surface area (Å²) in [7, 11) is -4.60. The summed E-state index contributed by atoms with van der Waals surface area (Å²) >= 11 is 0. The van der Waals surface area contributed by atoms with Crippen molar-refractivity contribution in [3.63, 3.8) is 0 Å². The molecule has 2 saturated heterocycles. The van der Waals surface area contributed by atoms with E-state index in [2.05, 4.69) is 10.3 Å². The van der Waals surface area contributed by atoms with Gasteiger partial charge < -0.3 is 9.74 Å². The molecule has 1 aromatic heterocycles. The quantitative estimate of drug-likeness (QED) is 0.363. The van der Waals surface area contributed by atoms with Crippen LogP contribution in [0.5, 0.6) is 0 Å². The molecule has 2 aliphatic heterocycles. The second-order valence-electron chi connectivity index (χ2n) is 5.72. The molecule has 0 bridgehead atoms. The van der Waals surface area contributed by atoms with Crippen molar-refractivity contribution in [1.29, 1.82) is 0 Å². The number of hydrogen-bond donors (Lipinski definition) is 1. The van der Waals surface area contributed by atoms with Gasteiger partial charge in [0.25, 0.3) is 11.8 Å². The van der Waals surface area contributed by atoms with Gasteiger partial charge in [-0.3, -0.25) is 14.1 Å². The predicted octanol–water partition coefficient (Wildman–Crippen LogP) is -1.91. The van der Waals surface area contributed by atoms with Crippen molar-refractivity contribution in [2.24, 2.45) is 0 Å². The second kappa shape index (κ2) is 6.78. The summed E-state index contributed by atoms with van der Waals surface area (Å²) in [5, 5.41) is 7.68. The third kappa shape index (κ3) is 2.97. The van der Waals surface area contributed by atoms with E-state index >= 15 is 0 Å². The SMILES string of the molecule is O=C(COn1nnc2ccccc21)N1CC[C@@H]2[C@H]1C(=O)N2S(=O)(=O)O.[Na]. The first kappa shape index (κ1) is 19.0. The Morgan fingerprint density at radius 2 is 2.08 bits per heavy atom. The molecule has 1 radical (unpaired) electrons. The van der Waals surface area contributed by atoms with E-state index in [0.717, 1.165) is 4.85 Å². The molecular weight excluding hydrogens is 377 g/mol. The van der Waals surface area contributed by atoms with Crippen molar-refractivity contribution in [1.82, 2.24) is 24.4 Å². The Hall–Kier alpha value is -1.73. The molecule has 4 rings (SSSR count). The van der Waals surface area contributed by atoms with E-state index in [1.165, 1.54) is 4.90 Å². The minimum absolute atomic E-state index is 0. The number of nitrogens with zero attached hydrogens (tertiary/aromatic N) is 5. The van der Waals surface area contributed by atoms with E-state index in [1.807, 2.05) is 0 Å². The maximum absolute atomic E-state index is 12.3. The Kier molecular flexibility index (Phi) is 4.96. The fourth-order valence-electron chi connectivity index (χ4n) is 3.24. The topological polar surface area (TPSA) is 135 Å². The Labute approximate surface area is 170 Å². The average molecular weight is 390 g/mol. The summed E-state index contributed by atoms with van der Waals surface area (Å²) in [4.78, 5) is 32.0. The third-order valence-corrected chi connectivity index (χ3v) is 5.29. The molecule has 1 aromatic carbocycles. The Balaban J connectivity index is 0.00000196. The Morgan fingerprint density at radius 1 is 1.35 bits per heavy atom. The maximum Gasteiger partial charge on any atom is 0.362 e. The van der Waals surface area contributed by atoms with Crippen molar-refractivity contribution in [3.8, 4) is 0 Å². The number of rotatable bonds is 4. The van der Waals surface area contributed by atoms with Crippen LogP contribution in [-0.2, 0) is 19.9 Å². The maximum atomic E-state index is 12.3. The Morgan fingerprint density at radius 3 is 2.81 bits per heavy atom. The van der Waals surface area contributed by atoms with Crippen LogP contribution in [0.4, 0.5) is 0 Å². The van der Waals surface area contributed by atoms with Crippen molar-refractivity contribution in [2.75, 3.05) is 13.2 Å². The summed E-state index contributed by atoms with van der Waals surface area (Å²) in [6.07, 6.45) is 0.272.